The molecule has 0 spiro atoms. The fourth-order valence-corrected chi connectivity index (χ4v) is 1.27. The Labute approximate surface area is 87.2 Å². The van der Waals surface area contributed by atoms with Gasteiger partial charge in [0.25, 0.3) is 0 Å². The molecule has 0 fully saturated rings. The molecule has 0 aliphatic heterocycles. The molecule has 2 N–H and O–H groups in total. The van der Waals surface area contributed by atoms with Crippen molar-refractivity contribution >= 4 is 12.6 Å². The van der Waals surface area contributed by atoms with Crippen molar-refractivity contribution in [2.75, 3.05) is 0 Å². The first-order chi connectivity index (χ1) is 7.25. The highest BCUT2D eigenvalue weighted by molar-refractivity contribution is 6.58. The lowest BCUT2D eigenvalue weighted by molar-refractivity contribution is 0.425. The van der Waals surface area contributed by atoms with E-state index in [9.17, 15) is 0 Å². The second kappa shape index (κ2) is 4.25. The first-order valence-electron chi connectivity index (χ1n) is 4.53. The van der Waals surface area contributed by atoms with E-state index in [4.69, 9.17) is 10.0 Å². The molecule has 0 aliphatic rings. The van der Waals surface area contributed by atoms with E-state index >= 15 is 0 Å². The van der Waals surface area contributed by atoms with Crippen LogP contribution in [0.25, 0.3) is 0 Å². The van der Waals surface area contributed by atoms with Crippen LogP contribution in [0.5, 0.6) is 0 Å². The average molecular weight is 203 g/mol. The molecule has 2 rings (SSSR count). The van der Waals surface area contributed by atoms with Crippen molar-refractivity contribution in [3.8, 4) is 0 Å². The monoisotopic (exact) mass is 203 g/mol. The lowest BCUT2D eigenvalue weighted by Gasteiger charge is -2.00. The highest BCUT2D eigenvalue weighted by Gasteiger charge is 2.12. The zero-order chi connectivity index (χ0) is 10.7. The van der Waals surface area contributed by atoms with Gasteiger partial charge in [-0.05, 0) is 17.7 Å². The molecule has 0 atom stereocenters. The van der Waals surface area contributed by atoms with Crippen LogP contribution in [0.4, 0.5) is 0 Å². The highest BCUT2D eigenvalue weighted by atomic mass is 16.4. The van der Waals surface area contributed by atoms with Crippen LogP contribution in [-0.2, 0) is 6.54 Å². The van der Waals surface area contributed by atoms with Gasteiger partial charge < -0.3 is 10.0 Å². The second-order valence-corrected chi connectivity index (χ2v) is 3.20. The van der Waals surface area contributed by atoms with E-state index in [1.54, 1.807) is 23.3 Å². The minimum absolute atomic E-state index is 0.393. The van der Waals surface area contributed by atoms with Crippen LogP contribution in [0.1, 0.15) is 5.56 Å². The van der Waals surface area contributed by atoms with Crippen LogP contribution in [0.3, 0.4) is 0 Å². The van der Waals surface area contributed by atoms with Crippen molar-refractivity contribution in [2.24, 2.45) is 0 Å². The summed E-state index contributed by atoms with van der Waals surface area (Å²) in [5.74, 6) is 0. The number of rotatable bonds is 3. The Kier molecular flexibility index (Phi) is 2.80. The maximum Gasteiger partial charge on any atom is 0.491 e. The second-order valence-electron chi connectivity index (χ2n) is 3.20. The first kappa shape index (κ1) is 9.88. The highest BCUT2D eigenvalue weighted by Crippen LogP contribution is 1.98. The van der Waals surface area contributed by atoms with Gasteiger partial charge in [-0.2, -0.15) is 5.10 Å². The molecular weight excluding hydrogens is 193 g/mol. The predicted octanol–water partition coefficient (Wildman–Crippen LogP) is -0.994. The Morgan fingerprint density at radius 2 is 2.00 bits per heavy atom. The number of pyridine rings is 1. The fourth-order valence-electron chi connectivity index (χ4n) is 1.27. The average Bonchev–Trinajstić information content (AvgIpc) is 2.68. The number of hydrogen-bond acceptors (Lipinski definition) is 4. The van der Waals surface area contributed by atoms with Gasteiger partial charge in [0.05, 0.1) is 6.54 Å². The van der Waals surface area contributed by atoms with Crippen LogP contribution in [0, 0.1) is 0 Å². The predicted molar refractivity (Wildman–Crippen MR) is 55.4 cm³/mol. The number of aromatic nitrogens is 3. The molecule has 5 nitrogen and oxygen atoms in total. The van der Waals surface area contributed by atoms with Crippen LogP contribution in [-0.4, -0.2) is 31.9 Å². The fraction of sp³-hybridized carbons (Fsp3) is 0.111. The lowest BCUT2D eigenvalue weighted by Crippen LogP contribution is -2.28. The van der Waals surface area contributed by atoms with Gasteiger partial charge in [-0.25, -0.2) is 0 Å². The Morgan fingerprint density at radius 1 is 1.27 bits per heavy atom. The van der Waals surface area contributed by atoms with Crippen molar-refractivity contribution in [3.63, 3.8) is 0 Å². The van der Waals surface area contributed by atoms with E-state index in [-0.39, 0.29) is 0 Å². The minimum Gasteiger partial charge on any atom is -0.423 e. The van der Waals surface area contributed by atoms with Gasteiger partial charge in [-0.1, -0.05) is 0 Å². The number of nitrogens with zero attached hydrogens (tertiary/aromatic N) is 3. The van der Waals surface area contributed by atoms with Crippen LogP contribution < -0.4 is 5.46 Å². The Balaban J connectivity index is 2.12. The van der Waals surface area contributed by atoms with Gasteiger partial charge in [-0.3, -0.25) is 9.67 Å². The molecule has 76 valence electrons. The number of hydrogen-bond donors (Lipinski definition) is 2. The van der Waals surface area contributed by atoms with E-state index in [0.717, 1.165) is 5.56 Å². The zero-order valence-corrected chi connectivity index (χ0v) is 7.98. The Bertz CT molecular complexity index is 430. The summed E-state index contributed by atoms with van der Waals surface area (Å²) in [6.07, 6.45) is 6.46. The van der Waals surface area contributed by atoms with Gasteiger partial charge in [0.2, 0.25) is 0 Å². The molecule has 6 heteroatoms. The minimum atomic E-state index is -1.46. The third kappa shape index (κ3) is 2.42. The van der Waals surface area contributed by atoms with Gasteiger partial charge in [0.1, 0.15) is 0 Å². The summed E-state index contributed by atoms with van der Waals surface area (Å²) in [6, 6.07) is 3.77. The van der Waals surface area contributed by atoms with Crippen LogP contribution in [0.2, 0.25) is 0 Å². The summed E-state index contributed by atoms with van der Waals surface area (Å²) < 4.78 is 1.64. The van der Waals surface area contributed by atoms with Crippen molar-refractivity contribution in [2.45, 2.75) is 6.54 Å². The molecule has 0 unspecified atom stereocenters. The maximum atomic E-state index is 8.90. The Hall–Kier alpha value is -1.66. The van der Waals surface area contributed by atoms with Crippen molar-refractivity contribution in [3.05, 3.63) is 42.5 Å². The molecule has 0 aromatic carbocycles. The molecule has 0 saturated heterocycles. The van der Waals surface area contributed by atoms with Crippen molar-refractivity contribution in [1.82, 2.24) is 14.8 Å². The maximum absolute atomic E-state index is 8.90. The third-order valence-corrected chi connectivity index (χ3v) is 2.05. The molecule has 15 heavy (non-hydrogen) atoms. The molecule has 0 radical (unpaired) electrons. The SMILES string of the molecule is OB(O)c1cnn(Cc2ccncc2)c1. The smallest absolute Gasteiger partial charge is 0.423 e. The van der Waals surface area contributed by atoms with E-state index in [1.165, 1.54) is 6.20 Å². The lowest BCUT2D eigenvalue weighted by atomic mass is 9.83. The van der Waals surface area contributed by atoms with Gasteiger partial charge in [-0.15, -0.1) is 0 Å². The molecule has 2 aromatic rings. The van der Waals surface area contributed by atoms with Gasteiger partial charge >= 0.3 is 7.12 Å². The van der Waals surface area contributed by atoms with Gasteiger partial charge in [0, 0.05) is 30.3 Å². The first-order valence-corrected chi connectivity index (χ1v) is 4.53. The molecule has 0 bridgehead atoms. The van der Waals surface area contributed by atoms with E-state index in [1.807, 2.05) is 12.1 Å². The summed E-state index contributed by atoms with van der Waals surface area (Å²) in [4.78, 5) is 3.91. The molecule has 0 aliphatic carbocycles. The normalized spacial score (nSPS) is 10.3. The largest absolute Gasteiger partial charge is 0.491 e. The molecular formula is C9H10BN3O2. The Morgan fingerprint density at radius 3 is 2.60 bits per heavy atom. The van der Waals surface area contributed by atoms with Crippen molar-refractivity contribution < 1.29 is 10.0 Å². The summed E-state index contributed by atoms with van der Waals surface area (Å²) in [5, 5.41) is 21.8. The third-order valence-electron chi connectivity index (χ3n) is 2.05. The van der Waals surface area contributed by atoms with Crippen molar-refractivity contribution in [1.29, 1.82) is 0 Å². The summed E-state index contributed by atoms with van der Waals surface area (Å²) in [5.41, 5.74) is 1.45. The van der Waals surface area contributed by atoms with E-state index in [0.29, 0.717) is 12.0 Å². The summed E-state index contributed by atoms with van der Waals surface area (Å²) >= 11 is 0. The molecule has 2 heterocycles. The standard InChI is InChI=1S/C9H10BN3O2/c14-10(15)9-5-12-13(7-9)6-8-1-3-11-4-2-8/h1-5,7,14-15H,6H2. The van der Waals surface area contributed by atoms with E-state index < -0.39 is 7.12 Å². The van der Waals surface area contributed by atoms with Gasteiger partial charge in [0.15, 0.2) is 0 Å². The molecule has 2 aromatic heterocycles. The van der Waals surface area contributed by atoms with Crippen LogP contribution >= 0.6 is 0 Å². The zero-order valence-electron chi connectivity index (χ0n) is 7.98. The van der Waals surface area contributed by atoms with E-state index in [2.05, 4.69) is 10.1 Å². The topological polar surface area (TPSA) is 71.2 Å². The van der Waals surface area contributed by atoms with Crippen LogP contribution in [0.15, 0.2) is 36.9 Å². The molecule has 0 amide bonds. The quantitative estimate of drug-likeness (QED) is 0.628. The summed E-state index contributed by atoms with van der Waals surface area (Å²) in [6.45, 7) is 0.592. The molecule has 0 saturated carbocycles. The summed E-state index contributed by atoms with van der Waals surface area (Å²) in [7, 11) is -1.46.